The molecule has 6 nitrogen and oxygen atoms in total. The van der Waals surface area contributed by atoms with Crippen LogP contribution in [-0.2, 0) is 16.4 Å². The van der Waals surface area contributed by atoms with E-state index in [0.29, 0.717) is 23.3 Å². The second-order valence-corrected chi connectivity index (χ2v) is 10.9. The molecule has 10 heteroatoms. The zero-order valence-electron chi connectivity index (χ0n) is 16.6. The third kappa shape index (κ3) is 7.62. The van der Waals surface area contributed by atoms with Gasteiger partial charge >= 0.3 is 0 Å². The van der Waals surface area contributed by atoms with Gasteiger partial charge in [0.15, 0.2) is 5.96 Å². The van der Waals surface area contributed by atoms with Crippen molar-refractivity contribution < 1.29 is 8.42 Å². The molecule has 28 heavy (non-hydrogen) atoms. The van der Waals surface area contributed by atoms with Crippen LogP contribution in [0.15, 0.2) is 38.8 Å². The van der Waals surface area contributed by atoms with Gasteiger partial charge in [0.2, 0.25) is 0 Å². The lowest BCUT2D eigenvalue weighted by Crippen LogP contribution is -2.43. The molecule has 0 saturated carbocycles. The van der Waals surface area contributed by atoms with Crippen molar-refractivity contribution in [1.82, 2.24) is 14.9 Å². The van der Waals surface area contributed by atoms with Gasteiger partial charge < -0.3 is 10.6 Å². The molecule has 0 fully saturated rings. The van der Waals surface area contributed by atoms with Gasteiger partial charge in [0.1, 0.15) is 4.21 Å². The summed E-state index contributed by atoms with van der Waals surface area (Å²) in [4.78, 5) is 7.18. The molecule has 0 aromatic carbocycles. The first kappa shape index (κ1) is 25.3. The van der Waals surface area contributed by atoms with E-state index in [2.05, 4.69) is 41.6 Å². The summed E-state index contributed by atoms with van der Waals surface area (Å²) in [6, 6.07) is 7.89. The lowest BCUT2D eigenvalue weighted by molar-refractivity contribution is 0.478. The Bertz CT molecular complexity index is 835. The highest BCUT2D eigenvalue weighted by atomic mass is 127. The molecule has 2 aromatic rings. The Morgan fingerprint density at radius 3 is 2.64 bits per heavy atom. The maximum absolute atomic E-state index is 12.4. The van der Waals surface area contributed by atoms with Crippen LogP contribution in [0.4, 0.5) is 0 Å². The summed E-state index contributed by atoms with van der Waals surface area (Å²) in [5.74, 6) is 0.709. The van der Waals surface area contributed by atoms with Gasteiger partial charge in [-0.05, 0) is 44.4 Å². The van der Waals surface area contributed by atoms with Crippen LogP contribution in [0, 0.1) is 6.92 Å². The van der Waals surface area contributed by atoms with E-state index in [4.69, 9.17) is 0 Å². The van der Waals surface area contributed by atoms with Crippen LogP contribution in [0.3, 0.4) is 0 Å². The molecule has 1 unspecified atom stereocenters. The van der Waals surface area contributed by atoms with E-state index in [1.165, 1.54) is 25.4 Å². The van der Waals surface area contributed by atoms with Crippen LogP contribution < -0.4 is 10.6 Å². The molecule has 0 aliphatic heterocycles. The highest BCUT2D eigenvalue weighted by Crippen LogP contribution is 2.19. The standard InChI is InChI=1S/C18H28N4O2S3.HI/c1-5-19-18(21-14(2)13-16-9-8-15(3)26-16)20-10-11-22(4)27(23,24)17-7-6-12-25-17;/h6-9,12,14H,5,10-11,13H2,1-4H3,(H2,19,20,21);1H. The number of sulfonamides is 1. The summed E-state index contributed by atoms with van der Waals surface area (Å²) in [5, 5.41) is 8.38. The monoisotopic (exact) mass is 556 g/mol. The second kappa shape index (κ2) is 12.1. The molecule has 0 bridgehead atoms. The zero-order chi connectivity index (χ0) is 19.9. The molecule has 0 spiro atoms. The Balaban J connectivity index is 0.00000392. The molecule has 0 aliphatic rings. The van der Waals surface area contributed by atoms with E-state index in [0.717, 1.165) is 13.0 Å². The Morgan fingerprint density at radius 1 is 1.32 bits per heavy atom. The van der Waals surface area contributed by atoms with E-state index in [9.17, 15) is 8.42 Å². The molecule has 1 atom stereocenters. The predicted octanol–water partition coefficient (Wildman–Crippen LogP) is 3.54. The van der Waals surface area contributed by atoms with Crippen molar-refractivity contribution in [2.24, 2.45) is 4.99 Å². The first-order valence-electron chi connectivity index (χ1n) is 8.93. The first-order chi connectivity index (χ1) is 12.8. The highest BCUT2D eigenvalue weighted by molar-refractivity contribution is 14.0. The van der Waals surface area contributed by atoms with Gasteiger partial charge in [-0.1, -0.05) is 6.07 Å². The van der Waals surface area contributed by atoms with Crippen molar-refractivity contribution in [3.05, 3.63) is 39.4 Å². The number of halogens is 1. The smallest absolute Gasteiger partial charge is 0.252 e. The molecular formula is C18H29IN4O2S3. The molecule has 0 radical (unpaired) electrons. The van der Waals surface area contributed by atoms with Crippen molar-refractivity contribution >= 4 is 62.6 Å². The minimum Gasteiger partial charge on any atom is -0.357 e. The van der Waals surface area contributed by atoms with Crippen LogP contribution in [-0.4, -0.2) is 51.4 Å². The third-order valence-corrected chi connectivity index (χ3v) is 8.13. The summed E-state index contributed by atoms with van der Waals surface area (Å²) >= 11 is 3.03. The van der Waals surface area contributed by atoms with Gasteiger partial charge in [-0.3, -0.25) is 4.99 Å². The van der Waals surface area contributed by atoms with E-state index in [1.807, 2.05) is 6.92 Å². The molecule has 158 valence electrons. The van der Waals surface area contributed by atoms with Crippen molar-refractivity contribution in [3.8, 4) is 0 Å². The van der Waals surface area contributed by atoms with Gasteiger partial charge in [-0.15, -0.1) is 46.7 Å². The van der Waals surface area contributed by atoms with Crippen LogP contribution >= 0.6 is 46.7 Å². The van der Waals surface area contributed by atoms with E-state index >= 15 is 0 Å². The summed E-state index contributed by atoms with van der Waals surface area (Å²) in [6.45, 7) is 7.71. The molecule has 2 rings (SSSR count). The fraction of sp³-hybridized carbons (Fsp3) is 0.500. The minimum atomic E-state index is -3.42. The molecule has 0 aliphatic carbocycles. The van der Waals surface area contributed by atoms with E-state index in [-0.39, 0.29) is 30.0 Å². The van der Waals surface area contributed by atoms with Crippen molar-refractivity contribution in [2.45, 2.75) is 37.4 Å². The van der Waals surface area contributed by atoms with Crippen molar-refractivity contribution in [1.29, 1.82) is 0 Å². The molecule has 2 heterocycles. The number of guanidine groups is 1. The normalized spacial score (nSPS) is 13.2. The largest absolute Gasteiger partial charge is 0.357 e. The SMILES string of the molecule is CCNC(=NCCN(C)S(=O)(=O)c1cccs1)NC(C)Cc1ccc(C)s1.I. The topological polar surface area (TPSA) is 73.8 Å². The predicted molar refractivity (Wildman–Crippen MR) is 131 cm³/mol. The van der Waals surface area contributed by atoms with Crippen LogP contribution in [0.25, 0.3) is 0 Å². The number of likely N-dealkylation sites (N-methyl/N-ethyl adjacent to an activating group) is 1. The molecule has 0 saturated heterocycles. The number of hydrogen-bond donors (Lipinski definition) is 2. The number of rotatable bonds is 9. The van der Waals surface area contributed by atoms with Gasteiger partial charge in [-0.2, -0.15) is 4.31 Å². The van der Waals surface area contributed by atoms with Crippen LogP contribution in [0.2, 0.25) is 0 Å². The van der Waals surface area contributed by atoms with E-state index < -0.39 is 10.0 Å². The highest BCUT2D eigenvalue weighted by Gasteiger charge is 2.21. The Kier molecular flexibility index (Phi) is 11.0. The number of nitrogens with zero attached hydrogens (tertiary/aromatic N) is 2. The molecule has 2 N–H and O–H groups in total. The number of nitrogens with one attached hydrogen (secondary N) is 2. The molecule has 0 amide bonds. The average molecular weight is 557 g/mol. The van der Waals surface area contributed by atoms with Gasteiger partial charge in [0.05, 0.1) is 6.54 Å². The van der Waals surface area contributed by atoms with Gasteiger partial charge in [0, 0.05) is 42.4 Å². The van der Waals surface area contributed by atoms with Gasteiger partial charge in [0.25, 0.3) is 10.0 Å². The van der Waals surface area contributed by atoms with Crippen LogP contribution in [0.5, 0.6) is 0 Å². The Hall–Kier alpha value is -0.690. The second-order valence-electron chi connectivity index (χ2n) is 6.28. The fourth-order valence-electron chi connectivity index (χ4n) is 2.49. The lowest BCUT2D eigenvalue weighted by Gasteiger charge is -2.18. The number of hydrogen-bond acceptors (Lipinski definition) is 5. The van der Waals surface area contributed by atoms with Crippen molar-refractivity contribution in [3.63, 3.8) is 0 Å². The Labute approximate surface area is 193 Å². The zero-order valence-corrected chi connectivity index (χ0v) is 21.4. The summed E-state index contributed by atoms with van der Waals surface area (Å²) in [5.41, 5.74) is 0. The number of thiophene rings is 2. The summed E-state index contributed by atoms with van der Waals surface area (Å²) < 4.78 is 26.6. The number of aliphatic imine (C=N–C) groups is 1. The molecular weight excluding hydrogens is 527 g/mol. The maximum Gasteiger partial charge on any atom is 0.252 e. The molecule has 2 aromatic heterocycles. The number of aryl methyl sites for hydroxylation is 1. The Morgan fingerprint density at radius 2 is 2.07 bits per heavy atom. The third-order valence-electron chi connectivity index (χ3n) is 3.88. The maximum atomic E-state index is 12.4. The van der Waals surface area contributed by atoms with Crippen LogP contribution in [0.1, 0.15) is 23.6 Å². The van der Waals surface area contributed by atoms with E-state index in [1.54, 1.807) is 35.9 Å². The average Bonchev–Trinajstić information content (AvgIpc) is 3.27. The minimum absolute atomic E-state index is 0. The summed E-state index contributed by atoms with van der Waals surface area (Å²) in [7, 11) is -1.83. The van der Waals surface area contributed by atoms with Crippen molar-refractivity contribution in [2.75, 3.05) is 26.7 Å². The summed E-state index contributed by atoms with van der Waals surface area (Å²) in [6.07, 6.45) is 0.926. The van der Waals surface area contributed by atoms with Gasteiger partial charge in [-0.25, -0.2) is 8.42 Å². The first-order valence-corrected chi connectivity index (χ1v) is 12.1. The fourth-order valence-corrected chi connectivity index (χ4v) is 5.87. The lowest BCUT2D eigenvalue weighted by atomic mass is 10.2. The quantitative estimate of drug-likeness (QED) is 0.282.